The van der Waals surface area contributed by atoms with Crippen LogP contribution in [0.4, 0.5) is 11.4 Å². The molecule has 0 aromatic heterocycles. The van der Waals surface area contributed by atoms with Gasteiger partial charge in [0.05, 0.1) is 4.47 Å². The molecule has 0 saturated carbocycles. The van der Waals surface area contributed by atoms with Crippen LogP contribution in [0.2, 0.25) is 5.02 Å². The highest BCUT2D eigenvalue weighted by Gasteiger charge is 2.20. The summed E-state index contributed by atoms with van der Waals surface area (Å²) >= 11 is 12.3. The van der Waals surface area contributed by atoms with E-state index in [9.17, 15) is 8.42 Å². The summed E-state index contributed by atoms with van der Waals surface area (Å²) < 4.78 is 28.3. The lowest BCUT2D eigenvalue weighted by molar-refractivity contribution is 0.601. The van der Waals surface area contributed by atoms with Gasteiger partial charge in [-0.2, -0.15) is 0 Å². The van der Waals surface area contributed by atoms with Crippen molar-refractivity contribution >= 4 is 64.9 Å². The molecule has 2 rings (SSSR count). The summed E-state index contributed by atoms with van der Waals surface area (Å²) in [5.41, 5.74) is 6.40. The van der Waals surface area contributed by atoms with E-state index in [-0.39, 0.29) is 20.1 Å². The number of benzene rings is 2. The third-order valence-electron chi connectivity index (χ3n) is 2.42. The van der Waals surface area contributed by atoms with E-state index in [2.05, 4.69) is 36.6 Å². The molecule has 0 radical (unpaired) electrons. The summed E-state index contributed by atoms with van der Waals surface area (Å²) in [6.07, 6.45) is 0. The average Bonchev–Trinajstić information content (AvgIpc) is 2.36. The van der Waals surface area contributed by atoms with Crippen molar-refractivity contribution in [3.8, 4) is 0 Å². The van der Waals surface area contributed by atoms with Crippen molar-refractivity contribution in [2.24, 2.45) is 0 Å². The first-order valence-electron chi connectivity index (χ1n) is 5.32. The molecule has 0 heterocycles. The molecule has 4 nitrogen and oxygen atoms in total. The van der Waals surface area contributed by atoms with E-state index in [1.54, 1.807) is 24.3 Å². The van der Waals surface area contributed by atoms with Gasteiger partial charge in [-0.25, -0.2) is 8.42 Å². The van der Waals surface area contributed by atoms with Gasteiger partial charge in [0.15, 0.2) is 0 Å². The smallest absolute Gasteiger partial charge is 0.263 e. The number of nitrogens with two attached hydrogens (primary N) is 1. The SMILES string of the molecule is Nc1cc(Cl)cc(S(=O)(=O)Nc2ccc(Br)cc2)c1Br. The van der Waals surface area contributed by atoms with Gasteiger partial charge in [-0.15, -0.1) is 0 Å². The molecule has 8 heteroatoms. The molecule has 0 atom stereocenters. The van der Waals surface area contributed by atoms with Crippen LogP contribution in [-0.4, -0.2) is 8.42 Å². The van der Waals surface area contributed by atoms with Crippen molar-refractivity contribution in [2.75, 3.05) is 10.5 Å². The standard InChI is InChI=1S/C12H9Br2ClN2O2S/c13-7-1-3-9(4-2-7)17-20(18,19)11-6-8(15)5-10(16)12(11)14/h1-6,17H,16H2. The zero-order chi connectivity index (χ0) is 14.9. The molecular weight excluding hydrogens is 431 g/mol. The van der Waals surface area contributed by atoms with Gasteiger partial charge in [-0.05, 0) is 52.3 Å². The Kier molecular flexibility index (Phi) is 4.63. The lowest BCUT2D eigenvalue weighted by Gasteiger charge is -2.11. The Labute approximate surface area is 138 Å². The fourth-order valence-electron chi connectivity index (χ4n) is 1.51. The molecule has 2 aromatic carbocycles. The largest absolute Gasteiger partial charge is 0.398 e. The summed E-state index contributed by atoms with van der Waals surface area (Å²) in [5.74, 6) is 0. The highest BCUT2D eigenvalue weighted by atomic mass is 79.9. The van der Waals surface area contributed by atoms with Crippen LogP contribution in [0.1, 0.15) is 0 Å². The summed E-state index contributed by atoms with van der Waals surface area (Å²) in [7, 11) is -3.78. The predicted molar refractivity (Wildman–Crippen MR) is 88.5 cm³/mol. The Morgan fingerprint density at radius 1 is 1.10 bits per heavy atom. The molecule has 0 aliphatic heterocycles. The number of sulfonamides is 1. The van der Waals surface area contributed by atoms with E-state index in [0.29, 0.717) is 5.69 Å². The van der Waals surface area contributed by atoms with Gasteiger partial charge in [-0.1, -0.05) is 27.5 Å². The Morgan fingerprint density at radius 2 is 1.70 bits per heavy atom. The van der Waals surface area contributed by atoms with Crippen LogP contribution in [0.3, 0.4) is 0 Å². The Morgan fingerprint density at radius 3 is 2.30 bits per heavy atom. The van der Waals surface area contributed by atoms with Gasteiger partial charge in [0.25, 0.3) is 10.0 Å². The van der Waals surface area contributed by atoms with E-state index in [0.717, 1.165) is 4.47 Å². The second kappa shape index (κ2) is 5.93. The normalized spacial score (nSPS) is 11.3. The van der Waals surface area contributed by atoms with Crippen LogP contribution in [-0.2, 0) is 10.0 Å². The molecule has 0 amide bonds. The first-order chi connectivity index (χ1) is 9.29. The summed E-state index contributed by atoms with van der Waals surface area (Å²) in [6, 6.07) is 9.57. The van der Waals surface area contributed by atoms with Crippen LogP contribution in [0.25, 0.3) is 0 Å². The molecule has 3 N–H and O–H groups in total. The molecular formula is C12H9Br2ClN2O2S. The lowest BCUT2D eigenvalue weighted by atomic mass is 10.3. The Balaban J connectivity index is 2.43. The van der Waals surface area contributed by atoms with Crippen LogP contribution in [0.5, 0.6) is 0 Å². The lowest BCUT2D eigenvalue weighted by Crippen LogP contribution is -2.14. The topological polar surface area (TPSA) is 72.2 Å². The highest BCUT2D eigenvalue weighted by molar-refractivity contribution is 9.10. The minimum absolute atomic E-state index is 0.00887. The molecule has 0 aliphatic rings. The first kappa shape index (κ1) is 15.6. The minimum atomic E-state index is -3.78. The number of hydrogen-bond donors (Lipinski definition) is 2. The average molecular weight is 441 g/mol. The summed E-state index contributed by atoms with van der Waals surface area (Å²) in [5, 5.41) is 0.252. The number of rotatable bonds is 3. The molecule has 0 unspecified atom stereocenters. The quantitative estimate of drug-likeness (QED) is 0.701. The first-order valence-corrected chi connectivity index (χ1v) is 8.77. The molecule has 0 saturated heterocycles. The molecule has 106 valence electrons. The number of nitrogens with one attached hydrogen (secondary N) is 1. The van der Waals surface area contributed by atoms with E-state index in [1.807, 2.05) is 0 Å². The molecule has 0 fully saturated rings. The number of nitrogen functional groups attached to an aromatic ring is 1. The Hall–Kier alpha value is -0.760. The monoisotopic (exact) mass is 438 g/mol. The molecule has 0 aliphatic carbocycles. The minimum Gasteiger partial charge on any atom is -0.398 e. The predicted octanol–water partition coefficient (Wildman–Crippen LogP) is 4.25. The van der Waals surface area contributed by atoms with E-state index >= 15 is 0 Å². The molecule has 0 spiro atoms. The zero-order valence-corrected chi connectivity index (χ0v) is 14.6. The molecule has 0 bridgehead atoms. The van der Waals surface area contributed by atoms with Crippen LogP contribution in [0, 0.1) is 0 Å². The second-order valence-electron chi connectivity index (χ2n) is 3.92. The summed E-state index contributed by atoms with van der Waals surface area (Å²) in [4.78, 5) is -0.00887. The number of anilines is 2. The van der Waals surface area contributed by atoms with Crippen molar-refractivity contribution in [3.05, 3.63) is 50.4 Å². The third-order valence-corrected chi connectivity index (χ3v) is 5.72. The van der Waals surface area contributed by atoms with Gasteiger partial charge in [0.1, 0.15) is 4.90 Å². The zero-order valence-electron chi connectivity index (χ0n) is 9.90. The fraction of sp³-hybridized carbons (Fsp3) is 0. The van der Waals surface area contributed by atoms with Crippen LogP contribution in [0.15, 0.2) is 50.2 Å². The second-order valence-corrected chi connectivity index (χ2v) is 7.72. The maximum Gasteiger partial charge on any atom is 0.263 e. The highest BCUT2D eigenvalue weighted by Crippen LogP contribution is 2.32. The number of halogens is 3. The van der Waals surface area contributed by atoms with E-state index in [4.69, 9.17) is 17.3 Å². The Bertz CT molecular complexity index is 749. The fourth-order valence-corrected chi connectivity index (χ4v) is 4.12. The third kappa shape index (κ3) is 3.46. The van der Waals surface area contributed by atoms with Gasteiger partial charge in [-0.3, -0.25) is 4.72 Å². The maximum atomic E-state index is 12.3. The summed E-state index contributed by atoms with van der Waals surface area (Å²) in [6.45, 7) is 0. The van der Waals surface area contributed by atoms with Gasteiger partial charge in [0, 0.05) is 20.9 Å². The van der Waals surface area contributed by atoms with Crippen LogP contribution < -0.4 is 10.5 Å². The van der Waals surface area contributed by atoms with Crippen molar-refractivity contribution in [1.82, 2.24) is 0 Å². The van der Waals surface area contributed by atoms with Gasteiger partial charge in [0.2, 0.25) is 0 Å². The number of hydrogen-bond acceptors (Lipinski definition) is 3. The van der Waals surface area contributed by atoms with E-state index in [1.165, 1.54) is 12.1 Å². The van der Waals surface area contributed by atoms with E-state index < -0.39 is 10.0 Å². The maximum absolute atomic E-state index is 12.3. The molecule has 20 heavy (non-hydrogen) atoms. The van der Waals surface area contributed by atoms with Crippen molar-refractivity contribution in [3.63, 3.8) is 0 Å². The van der Waals surface area contributed by atoms with Crippen molar-refractivity contribution < 1.29 is 8.42 Å². The van der Waals surface area contributed by atoms with Crippen molar-refractivity contribution in [2.45, 2.75) is 4.90 Å². The van der Waals surface area contributed by atoms with Gasteiger partial charge >= 0.3 is 0 Å². The molecule has 2 aromatic rings. The van der Waals surface area contributed by atoms with Crippen LogP contribution >= 0.6 is 43.5 Å². The van der Waals surface area contributed by atoms with Gasteiger partial charge < -0.3 is 5.73 Å². The van der Waals surface area contributed by atoms with Crippen molar-refractivity contribution in [1.29, 1.82) is 0 Å².